The van der Waals surface area contributed by atoms with E-state index in [-0.39, 0.29) is 18.3 Å². The predicted molar refractivity (Wildman–Crippen MR) is 95.6 cm³/mol. The molecule has 2 atom stereocenters. The molecule has 1 heterocycles. The predicted octanol–water partition coefficient (Wildman–Crippen LogP) is 2.90. The topological polar surface area (TPSA) is 50.4 Å². The van der Waals surface area contributed by atoms with Crippen molar-refractivity contribution >= 4 is 18.3 Å². The first-order valence-electron chi connectivity index (χ1n) is 8.23. The lowest BCUT2D eigenvalue weighted by molar-refractivity contribution is -0.122. The minimum Gasteiger partial charge on any atom is -0.380 e. The summed E-state index contributed by atoms with van der Waals surface area (Å²) in [5, 5.41) is 6.46. The van der Waals surface area contributed by atoms with Gasteiger partial charge in [0.25, 0.3) is 0 Å². The van der Waals surface area contributed by atoms with Crippen LogP contribution in [-0.2, 0) is 22.7 Å². The van der Waals surface area contributed by atoms with Crippen LogP contribution in [0.25, 0.3) is 0 Å². The minimum atomic E-state index is 0. The number of carbonyl (C=O) groups excluding carboxylic acids is 1. The molecule has 1 aromatic carbocycles. The Morgan fingerprint density at radius 1 is 1.43 bits per heavy atom. The second-order valence-corrected chi connectivity index (χ2v) is 6.32. The largest absolute Gasteiger partial charge is 0.380 e. The Hall–Kier alpha value is -1.10. The molecule has 0 saturated carbocycles. The van der Waals surface area contributed by atoms with Gasteiger partial charge in [-0.15, -0.1) is 12.4 Å². The molecular weight excluding hydrogens is 312 g/mol. The number of hydrogen-bond acceptors (Lipinski definition) is 3. The quantitative estimate of drug-likeness (QED) is 0.802. The molecule has 1 aliphatic heterocycles. The number of rotatable bonds is 7. The lowest BCUT2D eigenvalue weighted by atomic mass is 9.85. The van der Waals surface area contributed by atoms with Gasteiger partial charge >= 0.3 is 0 Å². The molecule has 1 fully saturated rings. The summed E-state index contributed by atoms with van der Waals surface area (Å²) < 4.78 is 5.13. The molecule has 23 heavy (non-hydrogen) atoms. The molecule has 4 nitrogen and oxygen atoms in total. The summed E-state index contributed by atoms with van der Waals surface area (Å²) in [5.74, 6) is 1.22. The zero-order chi connectivity index (χ0) is 15.8. The van der Waals surface area contributed by atoms with Gasteiger partial charge in [-0.2, -0.15) is 0 Å². The Kier molecular flexibility index (Phi) is 9.22. The molecule has 0 bridgehead atoms. The highest BCUT2D eigenvalue weighted by atomic mass is 35.5. The van der Waals surface area contributed by atoms with Gasteiger partial charge in [-0.1, -0.05) is 31.2 Å². The van der Waals surface area contributed by atoms with Gasteiger partial charge in [0, 0.05) is 20.1 Å². The maximum Gasteiger partial charge on any atom is 0.220 e. The number of halogens is 1. The third-order valence-electron chi connectivity index (χ3n) is 4.44. The molecule has 1 saturated heterocycles. The van der Waals surface area contributed by atoms with Crippen molar-refractivity contribution in [2.75, 3.05) is 20.2 Å². The van der Waals surface area contributed by atoms with Gasteiger partial charge in [0.1, 0.15) is 0 Å². The van der Waals surface area contributed by atoms with E-state index in [1.54, 1.807) is 7.11 Å². The van der Waals surface area contributed by atoms with Crippen LogP contribution < -0.4 is 10.6 Å². The van der Waals surface area contributed by atoms with Crippen LogP contribution in [0.1, 0.15) is 37.3 Å². The lowest BCUT2D eigenvalue weighted by Crippen LogP contribution is -2.35. The molecule has 2 N–H and O–H groups in total. The third-order valence-corrected chi connectivity index (χ3v) is 4.44. The molecule has 2 rings (SSSR count). The number of nitrogens with one attached hydrogen (secondary N) is 2. The molecule has 0 aliphatic carbocycles. The molecule has 0 spiro atoms. The van der Waals surface area contributed by atoms with Gasteiger partial charge in [-0.3, -0.25) is 4.79 Å². The average molecular weight is 341 g/mol. The van der Waals surface area contributed by atoms with E-state index >= 15 is 0 Å². The standard InChI is InChI=1S/C18H28N2O2.ClH/c1-14(17-7-4-8-19-12-17)9-18(21)20-11-15-5-3-6-16(10-15)13-22-2;/h3,5-6,10,14,17,19H,4,7-9,11-13H2,1-2H3,(H,20,21);1H. The van der Waals surface area contributed by atoms with Crippen molar-refractivity contribution in [3.8, 4) is 0 Å². The van der Waals surface area contributed by atoms with Gasteiger partial charge in [-0.25, -0.2) is 0 Å². The maximum absolute atomic E-state index is 12.1. The number of amides is 1. The second kappa shape index (κ2) is 10.6. The van der Waals surface area contributed by atoms with E-state index in [0.717, 1.165) is 24.2 Å². The van der Waals surface area contributed by atoms with Gasteiger partial charge in [0.15, 0.2) is 0 Å². The van der Waals surface area contributed by atoms with Crippen molar-refractivity contribution in [1.29, 1.82) is 0 Å². The third kappa shape index (κ3) is 6.90. The van der Waals surface area contributed by atoms with Crippen LogP contribution in [0.3, 0.4) is 0 Å². The Labute approximate surface area is 145 Å². The van der Waals surface area contributed by atoms with E-state index in [0.29, 0.717) is 31.4 Å². The van der Waals surface area contributed by atoms with Crippen LogP contribution in [0.15, 0.2) is 24.3 Å². The summed E-state index contributed by atoms with van der Waals surface area (Å²) >= 11 is 0. The summed E-state index contributed by atoms with van der Waals surface area (Å²) in [4.78, 5) is 12.1. The van der Waals surface area contributed by atoms with E-state index < -0.39 is 0 Å². The molecule has 0 radical (unpaired) electrons. The number of methoxy groups -OCH3 is 1. The van der Waals surface area contributed by atoms with Crippen molar-refractivity contribution < 1.29 is 9.53 Å². The molecule has 5 heteroatoms. The van der Waals surface area contributed by atoms with Crippen LogP contribution in [-0.4, -0.2) is 26.1 Å². The molecule has 1 aliphatic rings. The fourth-order valence-electron chi connectivity index (χ4n) is 3.09. The molecule has 0 aromatic heterocycles. The van der Waals surface area contributed by atoms with Gasteiger partial charge in [0.05, 0.1) is 6.61 Å². The average Bonchev–Trinajstić information content (AvgIpc) is 2.54. The fourth-order valence-corrected chi connectivity index (χ4v) is 3.09. The Morgan fingerprint density at radius 3 is 2.91 bits per heavy atom. The number of piperidine rings is 1. The summed E-state index contributed by atoms with van der Waals surface area (Å²) in [6.45, 7) is 5.55. The Morgan fingerprint density at radius 2 is 2.22 bits per heavy atom. The maximum atomic E-state index is 12.1. The number of ether oxygens (including phenoxy) is 1. The SMILES string of the molecule is COCc1cccc(CNC(=O)CC(C)C2CCCNC2)c1.Cl. The van der Waals surface area contributed by atoms with E-state index in [1.165, 1.54) is 12.8 Å². The highest BCUT2D eigenvalue weighted by Crippen LogP contribution is 2.22. The number of carbonyl (C=O) groups is 1. The highest BCUT2D eigenvalue weighted by molar-refractivity contribution is 5.85. The van der Waals surface area contributed by atoms with Crippen molar-refractivity contribution in [3.63, 3.8) is 0 Å². The zero-order valence-corrected chi connectivity index (χ0v) is 15.0. The summed E-state index contributed by atoms with van der Waals surface area (Å²) in [7, 11) is 1.69. The number of benzene rings is 1. The first-order valence-corrected chi connectivity index (χ1v) is 8.23. The molecule has 2 unspecified atom stereocenters. The smallest absolute Gasteiger partial charge is 0.220 e. The van der Waals surface area contributed by atoms with E-state index in [9.17, 15) is 4.79 Å². The van der Waals surface area contributed by atoms with Crippen LogP contribution in [0.5, 0.6) is 0 Å². The van der Waals surface area contributed by atoms with Crippen molar-refractivity contribution in [2.45, 2.75) is 39.3 Å². The van der Waals surface area contributed by atoms with Gasteiger partial charge < -0.3 is 15.4 Å². The van der Waals surface area contributed by atoms with E-state index in [1.807, 2.05) is 18.2 Å². The second-order valence-electron chi connectivity index (χ2n) is 6.32. The molecule has 1 aromatic rings. The zero-order valence-electron chi connectivity index (χ0n) is 14.1. The molecular formula is C18H29ClN2O2. The van der Waals surface area contributed by atoms with Crippen LogP contribution in [0, 0.1) is 11.8 Å². The minimum absolute atomic E-state index is 0. The van der Waals surface area contributed by atoms with Crippen molar-refractivity contribution in [1.82, 2.24) is 10.6 Å². The first-order chi connectivity index (χ1) is 10.7. The van der Waals surface area contributed by atoms with Gasteiger partial charge in [-0.05, 0) is 48.9 Å². The fraction of sp³-hybridized carbons (Fsp3) is 0.611. The monoisotopic (exact) mass is 340 g/mol. The van der Waals surface area contributed by atoms with Crippen LogP contribution >= 0.6 is 12.4 Å². The van der Waals surface area contributed by atoms with E-state index in [4.69, 9.17) is 4.74 Å². The summed E-state index contributed by atoms with van der Waals surface area (Å²) in [5.41, 5.74) is 2.26. The van der Waals surface area contributed by atoms with Crippen molar-refractivity contribution in [2.24, 2.45) is 11.8 Å². The van der Waals surface area contributed by atoms with Crippen LogP contribution in [0.4, 0.5) is 0 Å². The lowest BCUT2D eigenvalue weighted by Gasteiger charge is -2.28. The van der Waals surface area contributed by atoms with Crippen LogP contribution in [0.2, 0.25) is 0 Å². The summed E-state index contributed by atoms with van der Waals surface area (Å²) in [6.07, 6.45) is 3.08. The molecule has 130 valence electrons. The Bertz CT molecular complexity index is 476. The van der Waals surface area contributed by atoms with Crippen molar-refractivity contribution in [3.05, 3.63) is 35.4 Å². The highest BCUT2D eigenvalue weighted by Gasteiger charge is 2.21. The van der Waals surface area contributed by atoms with E-state index in [2.05, 4.69) is 23.6 Å². The molecule has 1 amide bonds. The first kappa shape index (κ1) is 19.9. The Balaban J connectivity index is 0.00000264. The normalized spacial score (nSPS) is 18.8. The number of hydrogen-bond donors (Lipinski definition) is 2. The van der Waals surface area contributed by atoms with Gasteiger partial charge in [0.2, 0.25) is 5.91 Å². The summed E-state index contributed by atoms with van der Waals surface area (Å²) in [6, 6.07) is 8.16.